The van der Waals surface area contributed by atoms with Crippen molar-refractivity contribution < 1.29 is 14.2 Å². The monoisotopic (exact) mass is 240 g/mol. The van der Waals surface area contributed by atoms with E-state index in [0.29, 0.717) is 24.5 Å². The first-order chi connectivity index (χ1) is 8.11. The molecule has 0 saturated carbocycles. The van der Waals surface area contributed by atoms with Gasteiger partial charge in [-0.15, -0.1) is 0 Å². The summed E-state index contributed by atoms with van der Waals surface area (Å²) < 4.78 is 18.9. The fourth-order valence-corrected chi connectivity index (χ4v) is 1.96. The first kappa shape index (κ1) is 12.1. The van der Waals surface area contributed by atoms with Crippen LogP contribution < -0.4 is 15.4 Å². The minimum atomic E-state index is -0.321. The third-order valence-electron chi connectivity index (χ3n) is 2.98. The van der Waals surface area contributed by atoms with Gasteiger partial charge in [-0.25, -0.2) is 4.39 Å². The molecule has 0 unspecified atom stereocenters. The minimum Gasteiger partial charge on any atom is -0.487 e. The molecule has 0 aliphatic carbocycles. The molecule has 1 aromatic rings. The molecule has 1 aliphatic heterocycles. The van der Waals surface area contributed by atoms with Gasteiger partial charge < -0.3 is 20.5 Å². The van der Waals surface area contributed by atoms with Gasteiger partial charge in [-0.05, 0) is 19.1 Å². The van der Waals surface area contributed by atoms with Gasteiger partial charge in [0.25, 0.3) is 0 Å². The van der Waals surface area contributed by atoms with Gasteiger partial charge in [0.05, 0.1) is 18.3 Å². The molecule has 1 aliphatic rings. The summed E-state index contributed by atoms with van der Waals surface area (Å²) in [4.78, 5) is 1.85. The van der Waals surface area contributed by atoms with Crippen LogP contribution in [0.15, 0.2) is 18.2 Å². The predicted octanol–water partition coefficient (Wildman–Crippen LogP) is 0.733. The zero-order valence-electron chi connectivity index (χ0n) is 9.77. The van der Waals surface area contributed by atoms with Gasteiger partial charge in [0.1, 0.15) is 17.7 Å². The molecule has 5 heteroatoms. The molecule has 1 aromatic carbocycles. The first-order valence-corrected chi connectivity index (χ1v) is 5.69. The molecule has 0 fully saturated rings. The average molecular weight is 240 g/mol. The Morgan fingerprint density at radius 2 is 2.35 bits per heavy atom. The van der Waals surface area contributed by atoms with Crippen LogP contribution in [-0.4, -0.2) is 36.9 Å². The largest absolute Gasteiger partial charge is 0.487 e. The molecule has 0 saturated heterocycles. The van der Waals surface area contributed by atoms with Gasteiger partial charge >= 0.3 is 0 Å². The number of anilines is 1. The minimum absolute atomic E-state index is 0.00292. The van der Waals surface area contributed by atoms with Gasteiger partial charge in [0, 0.05) is 19.2 Å². The Balaban J connectivity index is 2.38. The number of benzene rings is 1. The second kappa shape index (κ2) is 4.89. The Morgan fingerprint density at radius 1 is 1.59 bits per heavy atom. The van der Waals surface area contributed by atoms with Crippen LogP contribution in [0.3, 0.4) is 0 Å². The number of halogens is 1. The van der Waals surface area contributed by atoms with Crippen LogP contribution in [0.2, 0.25) is 0 Å². The van der Waals surface area contributed by atoms with Crippen LogP contribution in [0.25, 0.3) is 0 Å². The summed E-state index contributed by atoms with van der Waals surface area (Å²) in [7, 11) is 0. The van der Waals surface area contributed by atoms with E-state index in [1.807, 2.05) is 11.8 Å². The Kier molecular flexibility index (Phi) is 3.49. The van der Waals surface area contributed by atoms with Crippen LogP contribution in [0.5, 0.6) is 5.75 Å². The quantitative estimate of drug-likeness (QED) is 0.800. The van der Waals surface area contributed by atoms with Crippen LogP contribution >= 0.6 is 0 Å². The molecule has 1 heterocycles. The summed E-state index contributed by atoms with van der Waals surface area (Å²) in [5.74, 6) is 0.290. The van der Waals surface area contributed by atoms with E-state index < -0.39 is 0 Å². The Morgan fingerprint density at radius 3 is 3.06 bits per heavy atom. The number of β-amino-alcohol motifs (C(OH)–C–C–N with tert-alkyl or cyclic N) is 1. The van der Waals surface area contributed by atoms with Gasteiger partial charge in [-0.1, -0.05) is 0 Å². The van der Waals surface area contributed by atoms with E-state index in [-0.39, 0.29) is 24.6 Å². The number of hydrogen-bond donors (Lipinski definition) is 2. The van der Waals surface area contributed by atoms with Crippen molar-refractivity contribution >= 4 is 5.69 Å². The zero-order valence-corrected chi connectivity index (χ0v) is 9.77. The highest BCUT2D eigenvalue weighted by molar-refractivity contribution is 5.59. The Hall–Kier alpha value is -1.33. The van der Waals surface area contributed by atoms with Crippen LogP contribution in [0, 0.1) is 5.82 Å². The number of nitrogens with zero attached hydrogens (tertiary/aromatic N) is 1. The van der Waals surface area contributed by atoms with E-state index in [9.17, 15) is 4.39 Å². The van der Waals surface area contributed by atoms with Crippen molar-refractivity contribution in [3.05, 3.63) is 24.0 Å². The summed E-state index contributed by atoms with van der Waals surface area (Å²) in [5.41, 5.74) is 6.63. The molecule has 2 atom stereocenters. The van der Waals surface area contributed by atoms with Crippen LogP contribution in [0.4, 0.5) is 10.1 Å². The Bertz CT molecular complexity index is 400. The van der Waals surface area contributed by atoms with E-state index in [2.05, 4.69) is 0 Å². The average Bonchev–Trinajstić information content (AvgIpc) is 2.40. The van der Waals surface area contributed by atoms with Crippen molar-refractivity contribution in [3.8, 4) is 5.75 Å². The first-order valence-electron chi connectivity index (χ1n) is 5.69. The second-order valence-electron chi connectivity index (χ2n) is 4.27. The topological polar surface area (TPSA) is 58.7 Å². The number of fused-ring (bicyclic) bond motifs is 1. The van der Waals surface area contributed by atoms with Crippen molar-refractivity contribution in [1.82, 2.24) is 0 Å². The van der Waals surface area contributed by atoms with Crippen molar-refractivity contribution in [3.63, 3.8) is 0 Å². The van der Waals surface area contributed by atoms with Crippen molar-refractivity contribution in [1.29, 1.82) is 0 Å². The second-order valence-corrected chi connectivity index (χ2v) is 4.27. The van der Waals surface area contributed by atoms with Crippen LogP contribution in [-0.2, 0) is 0 Å². The normalized spacial score (nSPS) is 23.9. The number of ether oxygens (including phenoxy) is 1. The lowest BCUT2D eigenvalue weighted by Crippen LogP contribution is -2.44. The lowest BCUT2D eigenvalue weighted by Gasteiger charge is -2.24. The maximum absolute atomic E-state index is 13.3. The molecule has 0 bridgehead atoms. The molecule has 17 heavy (non-hydrogen) atoms. The maximum Gasteiger partial charge on any atom is 0.143 e. The zero-order chi connectivity index (χ0) is 12.4. The molecule has 0 spiro atoms. The SMILES string of the molecule is C[C@H]1Oc2ccc(F)cc2N(CCO)C[C@@H]1N. The standard InChI is InChI=1S/C12H17FN2O2/c1-8-10(14)7-15(4-5-16)11-6-9(13)2-3-12(11)17-8/h2-3,6,8,10,16H,4-5,7,14H2,1H3/t8-,10+/m1/s1. The molecule has 2 rings (SSSR count). The van der Waals surface area contributed by atoms with Crippen LogP contribution in [0.1, 0.15) is 6.92 Å². The highest BCUT2D eigenvalue weighted by Gasteiger charge is 2.25. The number of aliphatic hydroxyl groups is 1. The van der Waals surface area contributed by atoms with Gasteiger partial charge in [-0.3, -0.25) is 0 Å². The maximum atomic E-state index is 13.3. The molecule has 0 radical (unpaired) electrons. The molecular weight excluding hydrogens is 223 g/mol. The van der Waals surface area contributed by atoms with E-state index in [0.717, 1.165) is 0 Å². The van der Waals surface area contributed by atoms with Gasteiger partial charge in [0.15, 0.2) is 0 Å². The number of nitrogens with two attached hydrogens (primary N) is 1. The summed E-state index contributed by atoms with van der Waals surface area (Å²) in [6, 6.07) is 4.20. The van der Waals surface area contributed by atoms with E-state index in [1.165, 1.54) is 12.1 Å². The smallest absolute Gasteiger partial charge is 0.143 e. The molecule has 4 nitrogen and oxygen atoms in total. The van der Waals surface area contributed by atoms with E-state index in [1.54, 1.807) is 6.07 Å². The summed E-state index contributed by atoms with van der Waals surface area (Å²) in [5, 5.41) is 9.04. The molecule has 0 aromatic heterocycles. The summed E-state index contributed by atoms with van der Waals surface area (Å²) in [6.07, 6.45) is -0.136. The number of aliphatic hydroxyl groups excluding tert-OH is 1. The van der Waals surface area contributed by atoms with Crippen molar-refractivity contribution in [2.75, 3.05) is 24.6 Å². The molecule has 0 amide bonds. The van der Waals surface area contributed by atoms with Gasteiger partial charge in [0.2, 0.25) is 0 Å². The molecular formula is C12H17FN2O2. The van der Waals surface area contributed by atoms with Gasteiger partial charge in [-0.2, -0.15) is 0 Å². The Labute approximate surface area is 99.8 Å². The summed E-state index contributed by atoms with van der Waals surface area (Å²) in [6.45, 7) is 2.84. The van der Waals surface area contributed by atoms with Crippen molar-refractivity contribution in [2.45, 2.75) is 19.1 Å². The number of rotatable bonds is 2. The lowest BCUT2D eigenvalue weighted by molar-refractivity contribution is 0.199. The van der Waals surface area contributed by atoms with E-state index in [4.69, 9.17) is 15.6 Å². The lowest BCUT2D eigenvalue weighted by atomic mass is 10.2. The highest BCUT2D eigenvalue weighted by Crippen LogP contribution is 2.32. The predicted molar refractivity (Wildman–Crippen MR) is 63.8 cm³/mol. The summed E-state index contributed by atoms with van der Waals surface area (Å²) >= 11 is 0. The fourth-order valence-electron chi connectivity index (χ4n) is 1.96. The third-order valence-corrected chi connectivity index (χ3v) is 2.98. The highest BCUT2D eigenvalue weighted by atomic mass is 19.1. The molecule has 3 N–H and O–H groups in total. The third kappa shape index (κ3) is 2.50. The fraction of sp³-hybridized carbons (Fsp3) is 0.500. The van der Waals surface area contributed by atoms with E-state index >= 15 is 0 Å². The number of hydrogen-bond acceptors (Lipinski definition) is 4. The molecule has 94 valence electrons. The van der Waals surface area contributed by atoms with Crippen molar-refractivity contribution in [2.24, 2.45) is 5.73 Å².